The molecule has 1 amide bonds. The molecule has 0 heterocycles. The number of rotatable bonds is 8. The molecule has 0 bridgehead atoms. The highest BCUT2D eigenvalue weighted by atomic mass is 32.2. The molecule has 0 aromatic heterocycles. The van der Waals surface area contributed by atoms with Crippen molar-refractivity contribution in [1.82, 2.24) is 10.2 Å². The summed E-state index contributed by atoms with van der Waals surface area (Å²) < 4.78 is 41.1. The van der Waals surface area contributed by atoms with E-state index in [1.807, 2.05) is 0 Å². The molecule has 1 aliphatic carbocycles. The van der Waals surface area contributed by atoms with E-state index in [1.165, 1.54) is 68.1 Å². The fourth-order valence-corrected chi connectivity index (χ4v) is 4.64. The largest absolute Gasteiger partial charge is 0.351 e. The van der Waals surface area contributed by atoms with Gasteiger partial charge in [0.1, 0.15) is 5.82 Å². The monoisotopic (exact) mass is 419 g/mol. The van der Waals surface area contributed by atoms with E-state index in [0.29, 0.717) is 12.6 Å². The van der Waals surface area contributed by atoms with Crippen LogP contribution in [0.3, 0.4) is 0 Å². The summed E-state index contributed by atoms with van der Waals surface area (Å²) >= 11 is 0. The van der Waals surface area contributed by atoms with Gasteiger partial charge in [0.15, 0.2) is 0 Å². The Bertz CT molecular complexity index is 959. The van der Waals surface area contributed by atoms with Crippen LogP contribution in [0.2, 0.25) is 0 Å². The molecule has 2 aromatic carbocycles. The van der Waals surface area contributed by atoms with Gasteiger partial charge in [0.2, 0.25) is 0 Å². The Hall–Kier alpha value is -2.45. The Balaban J connectivity index is 1.62. The van der Waals surface area contributed by atoms with E-state index in [1.54, 1.807) is 6.07 Å². The van der Waals surface area contributed by atoms with Crippen molar-refractivity contribution in [2.24, 2.45) is 0 Å². The third kappa shape index (κ3) is 5.55. The summed E-state index contributed by atoms with van der Waals surface area (Å²) in [5, 5.41) is 2.83. The van der Waals surface area contributed by atoms with Crippen LogP contribution in [0.5, 0.6) is 0 Å². The topological polar surface area (TPSA) is 78.5 Å². The minimum atomic E-state index is -4.02. The minimum Gasteiger partial charge on any atom is -0.351 e. The van der Waals surface area contributed by atoms with E-state index in [9.17, 15) is 17.6 Å². The quantitative estimate of drug-likeness (QED) is 0.689. The van der Waals surface area contributed by atoms with Gasteiger partial charge < -0.3 is 10.2 Å². The van der Waals surface area contributed by atoms with Crippen molar-refractivity contribution >= 4 is 21.6 Å². The molecule has 0 unspecified atom stereocenters. The third-order valence-corrected chi connectivity index (χ3v) is 6.59. The molecule has 6 nitrogen and oxygen atoms in total. The van der Waals surface area contributed by atoms with Gasteiger partial charge in [0, 0.05) is 24.7 Å². The predicted molar refractivity (Wildman–Crippen MR) is 111 cm³/mol. The summed E-state index contributed by atoms with van der Waals surface area (Å²) in [6, 6.07) is 11.8. The Morgan fingerprint density at radius 1 is 1.14 bits per heavy atom. The van der Waals surface area contributed by atoms with Crippen LogP contribution in [0.25, 0.3) is 0 Å². The summed E-state index contributed by atoms with van der Waals surface area (Å²) in [5.74, 6) is -1.01. The molecule has 1 fully saturated rings. The maximum Gasteiger partial charge on any atom is 0.262 e. The minimum absolute atomic E-state index is 0.100. The molecule has 3 rings (SSSR count). The summed E-state index contributed by atoms with van der Waals surface area (Å²) in [5.41, 5.74) is 0.0993. The van der Waals surface area contributed by atoms with Crippen LogP contribution >= 0.6 is 0 Å². The smallest absolute Gasteiger partial charge is 0.262 e. The van der Waals surface area contributed by atoms with Crippen molar-refractivity contribution in [3.8, 4) is 0 Å². The number of sulfonamides is 1. The number of nitrogens with one attached hydrogen (secondary N) is 2. The lowest BCUT2D eigenvalue weighted by atomic mass is 10.2. The molecule has 1 aliphatic rings. The first-order valence-electron chi connectivity index (χ1n) is 9.73. The summed E-state index contributed by atoms with van der Waals surface area (Å²) in [6.45, 7) is 1.22. The van der Waals surface area contributed by atoms with Crippen LogP contribution in [-0.2, 0) is 10.0 Å². The van der Waals surface area contributed by atoms with Crippen LogP contribution in [0.15, 0.2) is 53.4 Å². The highest BCUT2D eigenvalue weighted by molar-refractivity contribution is 7.92. The highest BCUT2D eigenvalue weighted by Crippen LogP contribution is 2.22. The Morgan fingerprint density at radius 3 is 2.59 bits per heavy atom. The zero-order chi connectivity index (χ0) is 20.9. The second-order valence-corrected chi connectivity index (χ2v) is 8.97. The van der Waals surface area contributed by atoms with Crippen LogP contribution < -0.4 is 10.0 Å². The van der Waals surface area contributed by atoms with Gasteiger partial charge in [-0.3, -0.25) is 9.52 Å². The van der Waals surface area contributed by atoms with Crippen molar-refractivity contribution in [3.63, 3.8) is 0 Å². The van der Waals surface area contributed by atoms with E-state index >= 15 is 0 Å². The van der Waals surface area contributed by atoms with Crippen molar-refractivity contribution < 1.29 is 17.6 Å². The number of hydrogen-bond donors (Lipinski definition) is 2. The normalized spacial score (nSPS) is 14.9. The second kappa shape index (κ2) is 9.37. The first kappa shape index (κ1) is 21.3. The van der Waals surface area contributed by atoms with Gasteiger partial charge in [0.05, 0.1) is 10.6 Å². The first-order chi connectivity index (χ1) is 13.9. The molecule has 0 aliphatic heterocycles. The Kier molecular flexibility index (Phi) is 6.87. The van der Waals surface area contributed by atoms with Crippen LogP contribution in [0.4, 0.5) is 10.1 Å². The average Bonchev–Trinajstić information content (AvgIpc) is 3.24. The molecule has 29 heavy (non-hydrogen) atoms. The Morgan fingerprint density at radius 2 is 1.86 bits per heavy atom. The van der Waals surface area contributed by atoms with Gasteiger partial charge in [-0.05, 0) is 50.2 Å². The number of halogens is 1. The van der Waals surface area contributed by atoms with Crippen LogP contribution in [-0.4, -0.2) is 45.4 Å². The fourth-order valence-electron chi connectivity index (χ4n) is 3.53. The first-order valence-corrected chi connectivity index (χ1v) is 11.2. The number of likely N-dealkylation sites (N-methyl/N-ethyl adjacent to an activating group) is 1. The van der Waals surface area contributed by atoms with E-state index in [2.05, 4.69) is 22.0 Å². The van der Waals surface area contributed by atoms with Gasteiger partial charge in [-0.15, -0.1) is 0 Å². The van der Waals surface area contributed by atoms with Gasteiger partial charge in [-0.25, -0.2) is 12.8 Å². The number of carbonyl (C=O) groups is 1. The predicted octanol–water partition coefficient (Wildman–Crippen LogP) is 3.23. The van der Waals surface area contributed by atoms with Crippen LogP contribution in [0.1, 0.15) is 36.0 Å². The van der Waals surface area contributed by atoms with Crippen molar-refractivity contribution in [3.05, 3.63) is 59.9 Å². The highest BCUT2D eigenvalue weighted by Gasteiger charge is 2.20. The number of benzene rings is 2. The molecule has 1 saturated carbocycles. The molecule has 0 atom stereocenters. The number of amides is 1. The Labute approximate surface area is 171 Å². The number of hydrogen-bond acceptors (Lipinski definition) is 4. The number of carbonyl (C=O) groups excluding carboxylic acids is 1. The molecule has 156 valence electrons. The number of anilines is 1. The lowest BCUT2D eigenvalue weighted by molar-refractivity contribution is 0.0947. The van der Waals surface area contributed by atoms with Crippen molar-refractivity contribution in [1.29, 1.82) is 0 Å². The van der Waals surface area contributed by atoms with Gasteiger partial charge in [-0.2, -0.15) is 0 Å². The standard InChI is InChI=1S/C21H26FN3O3S/c1-25(17-8-2-3-9-17)14-13-23-21(26)16-7-6-10-18(15-16)29(27,28)24-20-12-5-4-11-19(20)22/h4-7,10-12,15,17,24H,2-3,8-9,13-14H2,1H3,(H,23,26). The van der Waals surface area contributed by atoms with E-state index in [-0.39, 0.29) is 22.1 Å². The summed E-state index contributed by atoms with van der Waals surface area (Å²) in [7, 11) is -1.96. The maximum atomic E-state index is 13.8. The second-order valence-electron chi connectivity index (χ2n) is 7.29. The molecule has 0 spiro atoms. The van der Waals surface area contributed by atoms with E-state index in [0.717, 1.165) is 6.54 Å². The number of para-hydroxylation sites is 1. The molecular weight excluding hydrogens is 393 g/mol. The number of nitrogens with zero attached hydrogens (tertiary/aromatic N) is 1. The summed E-state index contributed by atoms with van der Waals surface area (Å²) in [6.07, 6.45) is 4.89. The molecule has 0 saturated heterocycles. The van der Waals surface area contributed by atoms with E-state index < -0.39 is 15.8 Å². The zero-order valence-corrected chi connectivity index (χ0v) is 17.2. The van der Waals surface area contributed by atoms with Crippen molar-refractivity contribution in [2.45, 2.75) is 36.6 Å². The molecule has 0 radical (unpaired) electrons. The van der Waals surface area contributed by atoms with Crippen LogP contribution in [0, 0.1) is 5.82 Å². The zero-order valence-electron chi connectivity index (χ0n) is 16.4. The van der Waals surface area contributed by atoms with Gasteiger partial charge in [-0.1, -0.05) is 31.0 Å². The lowest BCUT2D eigenvalue weighted by Crippen LogP contribution is -2.37. The molecule has 8 heteroatoms. The fraction of sp³-hybridized carbons (Fsp3) is 0.381. The van der Waals surface area contributed by atoms with Crippen molar-refractivity contribution in [2.75, 3.05) is 24.9 Å². The van der Waals surface area contributed by atoms with E-state index in [4.69, 9.17) is 0 Å². The lowest BCUT2D eigenvalue weighted by Gasteiger charge is -2.23. The summed E-state index contributed by atoms with van der Waals surface area (Å²) in [4.78, 5) is 14.6. The molecule has 2 N–H and O–H groups in total. The van der Waals surface area contributed by atoms with Gasteiger partial charge >= 0.3 is 0 Å². The van der Waals surface area contributed by atoms with Gasteiger partial charge in [0.25, 0.3) is 15.9 Å². The maximum absolute atomic E-state index is 13.8. The third-order valence-electron chi connectivity index (χ3n) is 5.22. The molecule has 2 aromatic rings. The average molecular weight is 420 g/mol. The molecular formula is C21H26FN3O3S. The SMILES string of the molecule is CN(CCNC(=O)c1cccc(S(=O)(=O)Nc2ccccc2F)c1)C1CCCC1.